The summed E-state index contributed by atoms with van der Waals surface area (Å²) in [6.07, 6.45) is 5.23. The van der Waals surface area contributed by atoms with Gasteiger partial charge in [0.15, 0.2) is 0 Å². The maximum Gasteiger partial charge on any atom is 0.339 e. The second kappa shape index (κ2) is 6.55. The van der Waals surface area contributed by atoms with Crippen LogP contribution in [0.25, 0.3) is 0 Å². The molecule has 2 rings (SSSR count). The Bertz CT molecular complexity index is 504. The van der Waals surface area contributed by atoms with Crippen molar-refractivity contribution >= 4 is 17.6 Å². The summed E-state index contributed by atoms with van der Waals surface area (Å²) < 4.78 is 4.76. The third-order valence-corrected chi connectivity index (χ3v) is 3.80. The molecular weight excluding hydrogens is 254 g/mol. The number of anilines is 1. The summed E-state index contributed by atoms with van der Waals surface area (Å²) in [6, 6.07) is 5.36. The first kappa shape index (κ1) is 14.6. The van der Waals surface area contributed by atoms with E-state index < -0.39 is 5.97 Å². The van der Waals surface area contributed by atoms with Crippen LogP contribution in [0.3, 0.4) is 0 Å². The van der Waals surface area contributed by atoms with Crippen LogP contribution in [-0.4, -0.2) is 19.0 Å². The van der Waals surface area contributed by atoms with Gasteiger partial charge in [-0.1, -0.05) is 24.5 Å². The first-order valence-corrected chi connectivity index (χ1v) is 7.09. The van der Waals surface area contributed by atoms with Crippen LogP contribution in [0, 0.1) is 12.8 Å². The quantitative estimate of drug-likeness (QED) is 0.858. The predicted octanol–water partition coefficient (Wildman–Crippen LogP) is 3.30. The van der Waals surface area contributed by atoms with Gasteiger partial charge in [-0.05, 0) is 37.8 Å². The maximum atomic E-state index is 12.1. The average Bonchev–Trinajstić information content (AvgIpc) is 2.92. The van der Waals surface area contributed by atoms with Gasteiger partial charge in [0, 0.05) is 6.42 Å². The Morgan fingerprint density at radius 3 is 2.65 bits per heavy atom. The van der Waals surface area contributed by atoms with Crippen molar-refractivity contribution in [3.63, 3.8) is 0 Å². The van der Waals surface area contributed by atoms with Gasteiger partial charge in [0.1, 0.15) is 0 Å². The zero-order valence-electron chi connectivity index (χ0n) is 12.1. The number of rotatable bonds is 4. The van der Waals surface area contributed by atoms with E-state index in [1.54, 1.807) is 12.1 Å². The minimum atomic E-state index is -0.426. The van der Waals surface area contributed by atoms with Crippen molar-refractivity contribution in [2.45, 2.75) is 39.0 Å². The molecule has 1 aliphatic carbocycles. The largest absolute Gasteiger partial charge is 0.465 e. The Labute approximate surface area is 119 Å². The fourth-order valence-corrected chi connectivity index (χ4v) is 2.72. The Hall–Kier alpha value is -1.84. The molecule has 0 unspecified atom stereocenters. The number of esters is 1. The van der Waals surface area contributed by atoms with Gasteiger partial charge in [0.2, 0.25) is 5.91 Å². The molecule has 0 heterocycles. The Morgan fingerprint density at radius 2 is 2.00 bits per heavy atom. The van der Waals surface area contributed by atoms with Crippen LogP contribution < -0.4 is 5.32 Å². The van der Waals surface area contributed by atoms with Gasteiger partial charge in [0.05, 0.1) is 18.4 Å². The van der Waals surface area contributed by atoms with E-state index in [2.05, 4.69) is 5.32 Å². The van der Waals surface area contributed by atoms with E-state index >= 15 is 0 Å². The standard InChI is InChI=1S/C16H21NO3/c1-11-7-8-14(13(9-11)16(19)20-2)17-15(18)10-12-5-3-4-6-12/h7-9,12H,3-6,10H2,1-2H3,(H,17,18). The summed E-state index contributed by atoms with van der Waals surface area (Å²) in [5, 5.41) is 2.84. The van der Waals surface area contributed by atoms with Gasteiger partial charge in [-0.15, -0.1) is 0 Å². The molecular formula is C16H21NO3. The fraction of sp³-hybridized carbons (Fsp3) is 0.500. The number of hydrogen-bond acceptors (Lipinski definition) is 3. The summed E-state index contributed by atoms with van der Waals surface area (Å²) in [5.41, 5.74) is 1.90. The van der Waals surface area contributed by atoms with Crippen molar-refractivity contribution in [2.24, 2.45) is 5.92 Å². The first-order chi connectivity index (χ1) is 9.60. The van der Waals surface area contributed by atoms with Crippen LogP contribution in [0.2, 0.25) is 0 Å². The van der Waals surface area contributed by atoms with Crippen molar-refractivity contribution in [2.75, 3.05) is 12.4 Å². The highest BCUT2D eigenvalue weighted by atomic mass is 16.5. The Balaban J connectivity index is 2.07. The smallest absolute Gasteiger partial charge is 0.339 e. The lowest BCUT2D eigenvalue weighted by Gasteiger charge is -2.12. The average molecular weight is 275 g/mol. The molecule has 1 aromatic carbocycles. The monoisotopic (exact) mass is 275 g/mol. The van der Waals surface area contributed by atoms with Crippen molar-refractivity contribution in [3.05, 3.63) is 29.3 Å². The van der Waals surface area contributed by atoms with Crippen LogP contribution in [0.5, 0.6) is 0 Å². The number of benzene rings is 1. The molecule has 1 N–H and O–H groups in total. The van der Waals surface area contributed by atoms with E-state index in [-0.39, 0.29) is 5.91 Å². The van der Waals surface area contributed by atoms with Gasteiger partial charge >= 0.3 is 5.97 Å². The molecule has 1 saturated carbocycles. The molecule has 1 aromatic rings. The summed E-state index contributed by atoms with van der Waals surface area (Å²) >= 11 is 0. The number of ether oxygens (including phenoxy) is 1. The summed E-state index contributed by atoms with van der Waals surface area (Å²) in [5.74, 6) is 0.0396. The highest BCUT2D eigenvalue weighted by Crippen LogP contribution is 2.28. The third-order valence-electron chi connectivity index (χ3n) is 3.80. The minimum Gasteiger partial charge on any atom is -0.465 e. The topological polar surface area (TPSA) is 55.4 Å². The summed E-state index contributed by atoms with van der Waals surface area (Å²) in [4.78, 5) is 23.8. The van der Waals surface area contributed by atoms with Crippen LogP contribution in [0.4, 0.5) is 5.69 Å². The molecule has 4 nitrogen and oxygen atoms in total. The number of amides is 1. The molecule has 1 aliphatic rings. The van der Waals surface area contributed by atoms with E-state index in [0.717, 1.165) is 18.4 Å². The number of aryl methyl sites for hydroxylation is 1. The molecule has 0 aromatic heterocycles. The third kappa shape index (κ3) is 3.59. The van der Waals surface area contributed by atoms with Crippen molar-refractivity contribution in [3.8, 4) is 0 Å². The van der Waals surface area contributed by atoms with E-state index in [4.69, 9.17) is 4.74 Å². The number of nitrogens with one attached hydrogen (secondary N) is 1. The number of methoxy groups -OCH3 is 1. The normalized spacial score (nSPS) is 15.1. The molecule has 0 spiro atoms. The Morgan fingerprint density at radius 1 is 1.30 bits per heavy atom. The zero-order valence-corrected chi connectivity index (χ0v) is 12.1. The summed E-state index contributed by atoms with van der Waals surface area (Å²) in [6.45, 7) is 1.90. The van der Waals surface area contributed by atoms with Crippen LogP contribution in [0.15, 0.2) is 18.2 Å². The highest BCUT2D eigenvalue weighted by molar-refractivity contribution is 6.01. The summed E-state index contributed by atoms with van der Waals surface area (Å²) in [7, 11) is 1.34. The van der Waals surface area contributed by atoms with Gasteiger partial charge in [0.25, 0.3) is 0 Å². The van der Waals surface area contributed by atoms with Crippen molar-refractivity contribution in [1.29, 1.82) is 0 Å². The second-order valence-corrected chi connectivity index (χ2v) is 5.44. The van der Waals surface area contributed by atoms with Crippen molar-refractivity contribution in [1.82, 2.24) is 0 Å². The molecule has 0 atom stereocenters. The lowest BCUT2D eigenvalue weighted by atomic mass is 10.0. The molecule has 0 bridgehead atoms. The lowest BCUT2D eigenvalue weighted by Crippen LogP contribution is -2.17. The van der Waals surface area contributed by atoms with Gasteiger partial charge in [-0.2, -0.15) is 0 Å². The van der Waals surface area contributed by atoms with E-state index in [1.165, 1.54) is 20.0 Å². The molecule has 0 aliphatic heterocycles. The predicted molar refractivity (Wildman–Crippen MR) is 77.7 cm³/mol. The minimum absolute atomic E-state index is 0.0223. The van der Waals surface area contributed by atoms with Crippen LogP contribution >= 0.6 is 0 Å². The Kier molecular flexibility index (Phi) is 4.77. The van der Waals surface area contributed by atoms with Crippen molar-refractivity contribution < 1.29 is 14.3 Å². The highest BCUT2D eigenvalue weighted by Gasteiger charge is 2.20. The maximum absolute atomic E-state index is 12.1. The number of carbonyl (C=O) groups excluding carboxylic acids is 2. The van der Waals surface area contributed by atoms with E-state index in [9.17, 15) is 9.59 Å². The molecule has 1 fully saturated rings. The molecule has 0 radical (unpaired) electrons. The molecule has 4 heteroatoms. The second-order valence-electron chi connectivity index (χ2n) is 5.44. The van der Waals surface area contributed by atoms with Gasteiger partial charge < -0.3 is 10.1 Å². The van der Waals surface area contributed by atoms with Gasteiger partial charge in [-0.3, -0.25) is 4.79 Å². The molecule has 20 heavy (non-hydrogen) atoms. The first-order valence-electron chi connectivity index (χ1n) is 7.09. The fourth-order valence-electron chi connectivity index (χ4n) is 2.72. The zero-order chi connectivity index (χ0) is 14.5. The number of carbonyl (C=O) groups is 2. The lowest BCUT2D eigenvalue weighted by molar-refractivity contribution is -0.117. The van der Waals surface area contributed by atoms with Crippen LogP contribution in [0.1, 0.15) is 48.0 Å². The van der Waals surface area contributed by atoms with E-state index in [1.807, 2.05) is 13.0 Å². The van der Waals surface area contributed by atoms with Gasteiger partial charge in [-0.25, -0.2) is 4.79 Å². The van der Waals surface area contributed by atoms with Crippen LogP contribution in [-0.2, 0) is 9.53 Å². The molecule has 108 valence electrons. The molecule has 1 amide bonds. The van der Waals surface area contributed by atoms with E-state index in [0.29, 0.717) is 23.6 Å². The number of hydrogen-bond donors (Lipinski definition) is 1. The molecule has 0 saturated heterocycles. The SMILES string of the molecule is COC(=O)c1cc(C)ccc1NC(=O)CC1CCCC1.